The van der Waals surface area contributed by atoms with Gasteiger partial charge in [-0.05, 0) is 34.1 Å². The average Bonchev–Trinajstić information content (AvgIpc) is 2.47. The number of piperazine rings is 1. The lowest BCUT2D eigenvalue weighted by atomic mass is 10.2. The second kappa shape index (κ2) is 6.01. The summed E-state index contributed by atoms with van der Waals surface area (Å²) in [6.07, 6.45) is -1.05. The van der Waals surface area contributed by atoms with Crippen LogP contribution in [0, 0.1) is 11.3 Å². The number of nitrogens with zero attached hydrogens (tertiary/aromatic N) is 3. The van der Waals surface area contributed by atoms with Crippen LogP contribution in [0.15, 0.2) is 27.6 Å². The summed E-state index contributed by atoms with van der Waals surface area (Å²) in [5.74, 6) is 0. The van der Waals surface area contributed by atoms with Gasteiger partial charge in [0.2, 0.25) is 10.0 Å². The molecule has 0 aromatic heterocycles. The number of hydrogen-bond donors (Lipinski definition) is 1. The Morgan fingerprint density at radius 2 is 1.90 bits per heavy atom. The van der Waals surface area contributed by atoms with Crippen LogP contribution < -0.4 is 0 Å². The molecule has 1 saturated heterocycles. The van der Waals surface area contributed by atoms with Crippen molar-refractivity contribution in [1.29, 1.82) is 5.26 Å². The van der Waals surface area contributed by atoms with Gasteiger partial charge in [-0.15, -0.1) is 0 Å². The monoisotopic (exact) mass is 373 g/mol. The minimum atomic E-state index is -3.72. The summed E-state index contributed by atoms with van der Waals surface area (Å²) in [6.45, 7) is 0.478. The van der Waals surface area contributed by atoms with E-state index in [-0.39, 0.29) is 36.6 Å². The molecule has 0 atom stereocenters. The van der Waals surface area contributed by atoms with Crippen LogP contribution >= 0.6 is 15.9 Å². The zero-order valence-electron chi connectivity index (χ0n) is 10.9. The molecule has 0 unspecified atom stereocenters. The van der Waals surface area contributed by atoms with Crippen LogP contribution in [0.5, 0.6) is 0 Å². The molecule has 21 heavy (non-hydrogen) atoms. The molecule has 1 aromatic carbocycles. The molecular formula is C12H12BrN3O4S. The van der Waals surface area contributed by atoms with Crippen molar-refractivity contribution in [2.45, 2.75) is 4.90 Å². The third-order valence-corrected chi connectivity index (χ3v) is 5.79. The number of rotatable bonds is 2. The first-order valence-electron chi connectivity index (χ1n) is 6.04. The minimum Gasteiger partial charge on any atom is -0.465 e. The lowest BCUT2D eigenvalue weighted by Gasteiger charge is -2.32. The number of sulfonamides is 1. The zero-order valence-corrected chi connectivity index (χ0v) is 13.3. The van der Waals surface area contributed by atoms with Crippen molar-refractivity contribution in [1.82, 2.24) is 9.21 Å². The van der Waals surface area contributed by atoms with Crippen molar-refractivity contribution in [3.63, 3.8) is 0 Å². The number of carboxylic acid groups (broad SMARTS) is 1. The van der Waals surface area contributed by atoms with Crippen LogP contribution in [0.4, 0.5) is 4.79 Å². The fourth-order valence-corrected chi connectivity index (χ4v) is 3.80. The van der Waals surface area contributed by atoms with E-state index >= 15 is 0 Å². The Morgan fingerprint density at radius 1 is 1.29 bits per heavy atom. The number of nitriles is 1. The Morgan fingerprint density at radius 3 is 2.43 bits per heavy atom. The molecule has 7 nitrogen and oxygen atoms in total. The second-order valence-corrected chi connectivity index (χ2v) is 7.22. The maximum Gasteiger partial charge on any atom is 0.407 e. The summed E-state index contributed by atoms with van der Waals surface area (Å²) in [7, 11) is -3.72. The molecule has 112 valence electrons. The number of carbonyl (C=O) groups is 1. The van der Waals surface area contributed by atoms with Crippen molar-refractivity contribution < 1.29 is 18.3 Å². The van der Waals surface area contributed by atoms with E-state index in [1.807, 2.05) is 6.07 Å². The van der Waals surface area contributed by atoms with E-state index in [4.69, 9.17) is 10.4 Å². The normalized spacial score (nSPS) is 16.5. The third kappa shape index (κ3) is 3.18. The topological polar surface area (TPSA) is 102 Å². The van der Waals surface area contributed by atoms with Gasteiger partial charge in [-0.2, -0.15) is 9.57 Å². The highest BCUT2D eigenvalue weighted by molar-refractivity contribution is 9.10. The molecule has 1 N–H and O–H groups in total. The molecule has 0 aliphatic carbocycles. The Balaban J connectivity index is 2.24. The third-order valence-electron chi connectivity index (χ3n) is 3.21. The summed E-state index contributed by atoms with van der Waals surface area (Å²) < 4.78 is 26.7. The number of hydrogen-bond acceptors (Lipinski definition) is 4. The standard InChI is InChI=1S/C12H12BrN3O4S/c13-11-2-1-10(7-9(11)8-14)21(19,20)16-5-3-15(4-6-16)12(17)18/h1-2,7H,3-6H2,(H,17,18). The summed E-state index contributed by atoms with van der Waals surface area (Å²) in [5, 5.41) is 17.8. The maximum absolute atomic E-state index is 12.5. The minimum absolute atomic E-state index is 0.0334. The van der Waals surface area contributed by atoms with Gasteiger partial charge in [0.25, 0.3) is 0 Å². The molecule has 0 saturated carbocycles. The zero-order chi connectivity index (χ0) is 15.6. The van der Waals surface area contributed by atoms with Crippen LogP contribution in [0.3, 0.4) is 0 Å². The molecule has 1 aromatic rings. The Hall–Kier alpha value is -1.63. The van der Waals surface area contributed by atoms with E-state index in [1.54, 1.807) is 0 Å². The lowest BCUT2D eigenvalue weighted by molar-refractivity contribution is 0.126. The van der Waals surface area contributed by atoms with Gasteiger partial charge >= 0.3 is 6.09 Å². The van der Waals surface area contributed by atoms with Gasteiger partial charge in [0, 0.05) is 30.7 Å². The SMILES string of the molecule is N#Cc1cc(S(=O)(=O)N2CCN(C(=O)O)CC2)ccc1Br. The predicted molar refractivity (Wildman–Crippen MR) is 77.2 cm³/mol. The van der Waals surface area contributed by atoms with Crippen molar-refractivity contribution >= 4 is 32.0 Å². The number of halogens is 1. The van der Waals surface area contributed by atoms with Crippen LogP contribution in [0.1, 0.15) is 5.56 Å². The Labute approximate surface area is 130 Å². The summed E-state index contributed by atoms with van der Waals surface area (Å²) in [5.41, 5.74) is 0.236. The van der Waals surface area contributed by atoms with Gasteiger partial charge in [0.1, 0.15) is 6.07 Å². The largest absolute Gasteiger partial charge is 0.465 e. The van der Waals surface area contributed by atoms with Crippen molar-refractivity contribution in [3.05, 3.63) is 28.2 Å². The van der Waals surface area contributed by atoms with Gasteiger partial charge in [0.05, 0.1) is 10.5 Å². The van der Waals surface area contributed by atoms with E-state index in [9.17, 15) is 13.2 Å². The quantitative estimate of drug-likeness (QED) is 0.841. The van der Waals surface area contributed by atoms with Crippen LogP contribution in [0.2, 0.25) is 0 Å². The van der Waals surface area contributed by atoms with Crippen LogP contribution in [-0.4, -0.2) is 55.0 Å². The maximum atomic E-state index is 12.5. The summed E-state index contributed by atoms with van der Waals surface area (Å²) >= 11 is 3.17. The first kappa shape index (κ1) is 15.8. The first-order valence-corrected chi connectivity index (χ1v) is 8.27. The smallest absolute Gasteiger partial charge is 0.407 e. The fourth-order valence-electron chi connectivity index (χ4n) is 2.02. The highest BCUT2D eigenvalue weighted by atomic mass is 79.9. The van der Waals surface area contributed by atoms with E-state index in [1.165, 1.54) is 27.4 Å². The Kier molecular flexibility index (Phi) is 4.51. The van der Waals surface area contributed by atoms with E-state index in [0.717, 1.165) is 0 Å². The van der Waals surface area contributed by atoms with Gasteiger partial charge in [-0.25, -0.2) is 13.2 Å². The van der Waals surface area contributed by atoms with Gasteiger partial charge in [-0.3, -0.25) is 0 Å². The molecule has 1 aliphatic heterocycles. The molecule has 9 heteroatoms. The van der Waals surface area contributed by atoms with Crippen LogP contribution in [-0.2, 0) is 10.0 Å². The molecule has 0 radical (unpaired) electrons. The van der Waals surface area contributed by atoms with Crippen molar-refractivity contribution in [2.24, 2.45) is 0 Å². The summed E-state index contributed by atoms with van der Waals surface area (Å²) in [4.78, 5) is 12.0. The molecule has 1 fully saturated rings. The Bertz CT molecular complexity index is 706. The molecule has 2 rings (SSSR count). The van der Waals surface area contributed by atoms with Crippen molar-refractivity contribution in [3.8, 4) is 6.07 Å². The molecule has 1 heterocycles. The highest BCUT2D eigenvalue weighted by Gasteiger charge is 2.30. The molecule has 0 spiro atoms. The fraction of sp³-hybridized carbons (Fsp3) is 0.333. The predicted octanol–water partition coefficient (Wildman–Crippen LogP) is 1.31. The average molecular weight is 374 g/mol. The van der Waals surface area contributed by atoms with E-state index in [2.05, 4.69) is 15.9 Å². The number of benzene rings is 1. The van der Waals surface area contributed by atoms with Gasteiger partial charge in [0.15, 0.2) is 0 Å². The lowest BCUT2D eigenvalue weighted by Crippen LogP contribution is -2.50. The molecule has 1 amide bonds. The molecule has 0 bridgehead atoms. The molecular weight excluding hydrogens is 362 g/mol. The van der Waals surface area contributed by atoms with Crippen molar-refractivity contribution in [2.75, 3.05) is 26.2 Å². The van der Waals surface area contributed by atoms with E-state index in [0.29, 0.717) is 4.47 Å². The summed E-state index contributed by atoms with van der Waals surface area (Å²) in [6, 6.07) is 6.16. The van der Waals surface area contributed by atoms with Crippen LogP contribution in [0.25, 0.3) is 0 Å². The van der Waals surface area contributed by atoms with Gasteiger partial charge in [-0.1, -0.05) is 0 Å². The van der Waals surface area contributed by atoms with Gasteiger partial charge < -0.3 is 10.0 Å². The second-order valence-electron chi connectivity index (χ2n) is 4.43. The van der Waals surface area contributed by atoms with E-state index < -0.39 is 16.1 Å². The molecule has 1 aliphatic rings. The first-order chi connectivity index (χ1) is 9.86. The highest BCUT2D eigenvalue weighted by Crippen LogP contribution is 2.23. The number of amides is 1.